The average molecular weight is 316 g/mol. The largest absolute Gasteiger partial charge is 0.478 e. The van der Waals surface area contributed by atoms with Crippen molar-refractivity contribution in [2.45, 2.75) is 13.8 Å². The maximum absolute atomic E-state index is 12.4. The lowest BCUT2D eigenvalue weighted by molar-refractivity contribution is 0.0739. The first-order valence-electron chi connectivity index (χ1n) is 7.73. The first kappa shape index (κ1) is 15.3. The number of piperazine rings is 1. The zero-order valence-corrected chi connectivity index (χ0v) is 13.4. The van der Waals surface area contributed by atoms with Crippen molar-refractivity contribution in [3.05, 3.63) is 36.0 Å². The SMILES string of the molecule is CCOc1cccc(N2CCN(C(=O)c3ncoc3C)CC2)n1. The molecule has 0 aromatic carbocycles. The topological polar surface area (TPSA) is 71.7 Å². The Morgan fingerprint density at radius 3 is 2.74 bits per heavy atom. The van der Waals surface area contributed by atoms with Crippen LogP contribution in [-0.2, 0) is 0 Å². The van der Waals surface area contributed by atoms with E-state index in [-0.39, 0.29) is 5.91 Å². The van der Waals surface area contributed by atoms with Crippen LogP contribution in [0.15, 0.2) is 29.0 Å². The summed E-state index contributed by atoms with van der Waals surface area (Å²) in [6.07, 6.45) is 1.31. The lowest BCUT2D eigenvalue weighted by Crippen LogP contribution is -2.49. The van der Waals surface area contributed by atoms with E-state index in [0.29, 0.717) is 37.0 Å². The summed E-state index contributed by atoms with van der Waals surface area (Å²) in [5.41, 5.74) is 0.398. The Morgan fingerprint density at radius 1 is 1.30 bits per heavy atom. The van der Waals surface area contributed by atoms with Crippen molar-refractivity contribution in [3.63, 3.8) is 0 Å². The molecular formula is C16H20N4O3. The molecule has 1 fully saturated rings. The minimum atomic E-state index is -0.0769. The molecule has 1 saturated heterocycles. The smallest absolute Gasteiger partial charge is 0.276 e. The van der Waals surface area contributed by atoms with Gasteiger partial charge in [0.2, 0.25) is 5.88 Å². The molecule has 0 N–H and O–H groups in total. The highest BCUT2D eigenvalue weighted by Gasteiger charge is 2.25. The van der Waals surface area contributed by atoms with E-state index < -0.39 is 0 Å². The number of nitrogens with zero attached hydrogens (tertiary/aromatic N) is 4. The molecule has 0 aliphatic carbocycles. The summed E-state index contributed by atoms with van der Waals surface area (Å²) in [7, 11) is 0. The Bertz CT molecular complexity index is 677. The number of carbonyl (C=O) groups excluding carboxylic acids is 1. The molecule has 0 bridgehead atoms. The van der Waals surface area contributed by atoms with Crippen molar-refractivity contribution < 1.29 is 13.9 Å². The molecule has 2 aromatic heterocycles. The Morgan fingerprint density at radius 2 is 2.09 bits per heavy atom. The fraction of sp³-hybridized carbons (Fsp3) is 0.438. The van der Waals surface area contributed by atoms with Crippen LogP contribution in [0, 0.1) is 6.92 Å². The summed E-state index contributed by atoms with van der Waals surface area (Å²) in [5.74, 6) is 1.98. The normalized spacial score (nSPS) is 14.9. The van der Waals surface area contributed by atoms with E-state index in [1.54, 1.807) is 11.8 Å². The fourth-order valence-corrected chi connectivity index (χ4v) is 2.61. The molecule has 23 heavy (non-hydrogen) atoms. The Kier molecular flexibility index (Phi) is 4.45. The molecule has 2 aromatic rings. The van der Waals surface area contributed by atoms with Gasteiger partial charge in [-0.25, -0.2) is 4.98 Å². The summed E-state index contributed by atoms with van der Waals surface area (Å²) in [6, 6.07) is 5.74. The Labute approximate surface area is 134 Å². The number of aryl methyl sites for hydroxylation is 1. The van der Waals surface area contributed by atoms with Crippen molar-refractivity contribution in [1.29, 1.82) is 0 Å². The van der Waals surface area contributed by atoms with Crippen molar-refractivity contribution >= 4 is 11.7 Å². The van der Waals surface area contributed by atoms with Crippen LogP contribution in [-0.4, -0.2) is 53.6 Å². The highest BCUT2D eigenvalue weighted by Crippen LogP contribution is 2.18. The number of aromatic nitrogens is 2. The van der Waals surface area contributed by atoms with Gasteiger partial charge in [0.15, 0.2) is 12.1 Å². The number of pyridine rings is 1. The first-order valence-corrected chi connectivity index (χ1v) is 7.73. The monoisotopic (exact) mass is 316 g/mol. The van der Waals surface area contributed by atoms with E-state index in [1.807, 2.05) is 25.1 Å². The van der Waals surface area contributed by atoms with Crippen LogP contribution in [0.4, 0.5) is 5.82 Å². The molecule has 1 aliphatic heterocycles. The molecule has 0 saturated carbocycles. The second-order valence-corrected chi connectivity index (χ2v) is 5.30. The van der Waals surface area contributed by atoms with Crippen LogP contribution in [0.3, 0.4) is 0 Å². The second kappa shape index (κ2) is 6.68. The van der Waals surface area contributed by atoms with Crippen LogP contribution in [0.5, 0.6) is 5.88 Å². The number of carbonyl (C=O) groups is 1. The minimum absolute atomic E-state index is 0.0769. The highest BCUT2D eigenvalue weighted by atomic mass is 16.5. The minimum Gasteiger partial charge on any atom is -0.478 e. The molecule has 0 radical (unpaired) electrons. The molecule has 1 aliphatic rings. The third-order valence-corrected chi connectivity index (χ3v) is 3.84. The number of oxazole rings is 1. The van der Waals surface area contributed by atoms with Gasteiger partial charge in [0.05, 0.1) is 6.61 Å². The molecule has 3 heterocycles. The van der Waals surface area contributed by atoms with Crippen LogP contribution in [0.25, 0.3) is 0 Å². The number of hydrogen-bond acceptors (Lipinski definition) is 6. The summed E-state index contributed by atoms with van der Waals surface area (Å²) in [6.45, 7) is 6.99. The Hall–Kier alpha value is -2.57. The lowest BCUT2D eigenvalue weighted by Gasteiger charge is -2.35. The fourth-order valence-electron chi connectivity index (χ4n) is 2.61. The summed E-state index contributed by atoms with van der Waals surface area (Å²) in [4.78, 5) is 24.9. The van der Waals surface area contributed by atoms with Gasteiger partial charge in [0.1, 0.15) is 11.6 Å². The number of amides is 1. The predicted molar refractivity (Wildman–Crippen MR) is 84.8 cm³/mol. The van der Waals surface area contributed by atoms with Gasteiger partial charge in [-0.15, -0.1) is 0 Å². The van der Waals surface area contributed by atoms with Crippen molar-refractivity contribution in [2.24, 2.45) is 0 Å². The lowest BCUT2D eigenvalue weighted by atomic mass is 10.2. The molecule has 0 atom stereocenters. The maximum Gasteiger partial charge on any atom is 0.276 e. The van der Waals surface area contributed by atoms with Gasteiger partial charge in [0.25, 0.3) is 5.91 Å². The molecule has 0 spiro atoms. The number of ether oxygens (including phenoxy) is 1. The van der Waals surface area contributed by atoms with E-state index in [2.05, 4.69) is 14.9 Å². The van der Waals surface area contributed by atoms with Crippen molar-refractivity contribution in [2.75, 3.05) is 37.7 Å². The van der Waals surface area contributed by atoms with Gasteiger partial charge in [-0.2, -0.15) is 4.98 Å². The number of hydrogen-bond donors (Lipinski definition) is 0. The zero-order chi connectivity index (χ0) is 16.2. The van der Waals surface area contributed by atoms with Gasteiger partial charge in [0, 0.05) is 32.2 Å². The van der Waals surface area contributed by atoms with Gasteiger partial charge < -0.3 is 19.0 Å². The van der Waals surface area contributed by atoms with Crippen LogP contribution in [0.1, 0.15) is 23.2 Å². The van der Waals surface area contributed by atoms with Crippen LogP contribution < -0.4 is 9.64 Å². The molecule has 7 nitrogen and oxygen atoms in total. The van der Waals surface area contributed by atoms with Gasteiger partial charge in [-0.1, -0.05) is 6.07 Å². The second-order valence-electron chi connectivity index (χ2n) is 5.30. The quantitative estimate of drug-likeness (QED) is 0.855. The van der Waals surface area contributed by atoms with E-state index in [9.17, 15) is 4.79 Å². The van der Waals surface area contributed by atoms with E-state index in [4.69, 9.17) is 9.15 Å². The van der Waals surface area contributed by atoms with Crippen LogP contribution in [0.2, 0.25) is 0 Å². The third kappa shape index (κ3) is 3.28. The summed E-state index contributed by atoms with van der Waals surface area (Å²) >= 11 is 0. The summed E-state index contributed by atoms with van der Waals surface area (Å²) < 4.78 is 10.5. The van der Waals surface area contributed by atoms with Gasteiger partial charge in [-0.05, 0) is 19.9 Å². The number of rotatable bonds is 4. The highest BCUT2D eigenvalue weighted by molar-refractivity contribution is 5.93. The van der Waals surface area contributed by atoms with E-state index in [1.165, 1.54) is 6.39 Å². The van der Waals surface area contributed by atoms with E-state index in [0.717, 1.165) is 18.9 Å². The molecule has 0 unspecified atom stereocenters. The third-order valence-electron chi connectivity index (χ3n) is 3.84. The maximum atomic E-state index is 12.4. The molecule has 3 rings (SSSR count). The molecule has 1 amide bonds. The van der Waals surface area contributed by atoms with Crippen molar-refractivity contribution in [1.82, 2.24) is 14.9 Å². The van der Waals surface area contributed by atoms with Gasteiger partial charge in [-0.3, -0.25) is 4.79 Å². The van der Waals surface area contributed by atoms with E-state index >= 15 is 0 Å². The first-order chi connectivity index (χ1) is 11.2. The number of anilines is 1. The Balaban J connectivity index is 1.63. The molecular weight excluding hydrogens is 296 g/mol. The summed E-state index contributed by atoms with van der Waals surface area (Å²) in [5, 5.41) is 0. The van der Waals surface area contributed by atoms with Crippen molar-refractivity contribution in [3.8, 4) is 5.88 Å². The molecule has 122 valence electrons. The predicted octanol–water partition coefficient (Wildman–Crippen LogP) is 1.74. The zero-order valence-electron chi connectivity index (χ0n) is 13.4. The van der Waals surface area contributed by atoms with Crippen LogP contribution >= 0.6 is 0 Å². The van der Waals surface area contributed by atoms with Gasteiger partial charge >= 0.3 is 0 Å². The molecule has 7 heteroatoms. The average Bonchev–Trinajstić information content (AvgIpc) is 3.01. The standard InChI is InChI=1S/C16H20N4O3/c1-3-22-14-6-4-5-13(18-14)19-7-9-20(10-8-19)16(21)15-12(2)23-11-17-15/h4-6,11H,3,7-10H2,1-2H3.